The van der Waals surface area contributed by atoms with Crippen LogP contribution in [0.25, 0.3) is 0 Å². The van der Waals surface area contributed by atoms with Crippen LogP contribution in [0.1, 0.15) is 24.1 Å². The smallest absolute Gasteiger partial charge is 0.203 e. The molecule has 0 aliphatic carbocycles. The van der Waals surface area contributed by atoms with Crippen molar-refractivity contribution in [1.29, 1.82) is 0 Å². The molecule has 0 saturated carbocycles. The van der Waals surface area contributed by atoms with Gasteiger partial charge in [0.2, 0.25) is 5.75 Å². The molecule has 0 saturated heterocycles. The lowest BCUT2D eigenvalue weighted by molar-refractivity contribution is 0.323. The summed E-state index contributed by atoms with van der Waals surface area (Å²) in [6.07, 6.45) is 0. The zero-order valence-electron chi connectivity index (χ0n) is 15.2. The van der Waals surface area contributed by atoms with Crippen molar-refractivity contribution in [1.82, 2.24) is 5.32 Å². The maximum absolute atomic E-state index is 13.6. The van der Waals surface area contributed by atoms with Crippen LogP contribution in [-0.2, 0) is 6.54 Å². The number of benzene rings is 2. The topological polar surface area (TPSA) is 49.0 Å². The van der Waals surface area contributed by atoms with Crippen molar-refractivity contribution in [2.24, 2.45) is 0 Å². The first kappa shape index (κ1) is 18.9. The number of methoxy groups -OCH3 is 4. The summed E-state index contributed by atoms with van der Waals surface area (Å²) >= 11 is 0. The van der Waals surface area contributed by atoms with E-state index in [0.29, 0.717) is 29.5 Å². The van der Waals surface area contributed by atoms with Crippen molar-refractivity contribution in [3.63, 3.8) is 0 Å². The molecule has 5 nitrogen and oxygen atoms in total. The number of hydrogen-bond donors (Lipinski definition) is 1. The first-order valence-corrected chi connectivity index (χ1v) is 7.89. The third-order valence-corrected chi connectivity index (χ3v) is 4.00. The van der Waals surface area contributed by atoms with Gasteiger partial charge >= 0.3 is 0 Å². The molecule has 0 amide bonds. The van der Waals surface area contributed by atoms with Crippen LogP contribution in [0, 0.1) is 5.82 Å². The molecule has 2 aromatic carbocycles. The summed E-state index contributed by atoms with van der Waals surface area (Å²) in [6.45, 7) is 2.49. The molecule has 0 fully saturated rings. The van der Waals surface area contributed by atoms with Crippen molar-refractivity contribution in [2.45, 2.75) is 19.5 Å². The molecule has 0 aromatic heterocycles. The fraction of sp³-hybridized carbons (Fsp3) is 0.368. The fourth-order valence-electron chi connectivity index (χ4n) is 2.66. The maximum Gasteiger partial charge on any atom is 0.203 e. The zero-order chi connectivity index (χ0) is 18.4. The van der Waals surface area contributed by atoms with E-state index in [1.165, 1.54) is 12.1 Å². The van der Waals surface area contributed by atoms with Crippen LogP contribution in [0.5, 0.6) is 23.0 Å². The highest BCUT2D eigenvalue weighted by molar-refractivity contribution is 5.53. The minimum Gasteiger partial charge on any atom is -0.496 e. The SMILES string of the molecule is COc1ccc(F)cc1[C@H](C)NCc1cc(OC)c(OC)c(OC)c1. The molecule has 2 rings (SSSR count). The number of ether oxygens (including phenoxy) is 4. The van der Waals surface area contributed by atoms with E-state index in [-0.39, 0.29) is 11.9 Å². The highest BCUT2D eigenvalue weighted by Crippen LogP contribution is 2.38. The van der Waals surface area contributed by atoms with Crippen LogP contribution in [-0.4, -0.2) is 28.4 Å². The molecule has 0 heterocycles. The molecular formula is C19H24FNO4. The average molecular weight is 349 g/mol. The summed E-state index contributed by atoms with van der Waals surface area (Å²) in [5, 5.41) is 3.36. The molecule has 2 aromatic rings. The largest absolute Gasteiger partial charge is 0.496 e. The summed E-state index contributed by atoms with van der Waals surface area (Å²) in [7, 11) is 6.29. The van der Waals surface area contributed by atoms with Crippen LogP contribution in [0.2, 0.25) is 0 Å². The van der Waals surface area contributed by atoms with E-state index in [1.807, 2.05) is 19.1 Å². The molecule has 6 heteroatoms. The van der Waals surface area contributed by atoms with Gasteiger partial charge in [0.25, 0.3) is 0 Å². The third-order valence-electron chi connectivity index (χ3n) is 4.00. The Bertz CT molecular complexity index is 696. The van der Waals surface area contributed by atoms with Crippen molar-refractivity contribution in [2.75, 3.05) is 28.4 Å². The second-order valence-electron chi connectivity index (χ2n) is 5.52. The normalized spacial score (nSPS) is 11.8. The number of rotatable bonds is 8. The van der Waals surface area contributed by atoms with Gasteiger partial charge in [-0.15, -0.1) is 0 Å². The Kier molecular flexibility index (Phi) is 6.47. The lowest BCUT2D eigenvalue weighted by atomic mass is 10.1. The molecular weight excluding hydrogens is 325 g/mol. The van der Waals surface area contributed by atoms with Gasteiger partial charge in [0.05, 0.1) is 28.4 Å². The van der Waals surface area contributed by atoms with Crippen LogP contribution >= 0.6 is 0 Å². The van der Waals surface area contributed by atoms with E-state index in [0.717, 1.165) is 11.1 Å². The minimum absolute atomic E-state index is 0.107. The lowest BCUT2D eigenvalue weighted by Crippen LogP contribution is -2.19. The molecule has 25 heavy (non-hydrogen) atoms. The quantitative estimate of drug-likeness (QED) is 0.787. The van der Waals surface area contributed by atoms with Gasteiger partial charge in [0.1, 0.15) is 11.6 Å². The van der Waals surface area contributed by atoms with E-state index in [4.69, 9.17) is 18.9 Å². The summed E-state index contributed by atoms with van der Waals surface area (Å²) in [5.41, 5.74) is 1.71. The molecule has 0 unspecified atom stereocenters. The van der Waals surface area contributed by atoms with E-state index < -0.39 is 0 Å². The predicted molar refractivity (Wildman–Crippen MR) is 94.3 cm³/mol. The van der Waals surface area contributed by atoms with Crippen LogP contribution in [0.4, 0.5) is 4.39 Å². The van der Waals surface area contributed by atoms with E-state index in [2.05, 4.69) is 5.32 Å². The Morgan fingerprint density at radius 1 is 0.880 bits per heavy atom. The Hall–Kier alpha value is -2.47. The van der Waals surface area contributed by atoms with E-state index >= 15 is 0 Å². The van der Waals surface area contributed by atoms with Gasteiger partial charge in [0.15, 0.2) is 11.5 Å². The summed E-state index contributed by atoms with van der Waals surface area (Å²) in [4.78, 5) is 0. The monoisotopic (exact) mass is 349 g/mol. The zero-order valence-corrected chi connectivity index (χ0v) is 15.2. The van der Waals surface area contributed by atoms with Crippen molar-refractivity contribution in [3.8, 4) is 23.0 Å². The highest BCUT2D eigenvalue weighted by atomic mass is 19.1. The number of halogens is 1. The Labute approximate surface area is 147 Å². The molecule has 1 atom stereocenters. The molecule has 1 N–H and O–H groups in total. The second kappa shape index (κ2) is 8.58. The van der Waals surface area contributed by atoms with Gasteiger partial charge in [-0.3, -0.25) is 0 Å². The maximum atomic E-state index is 13.6. The van der Waals surface area contributed by atoms with Gasteiger partial charge in [-0.25, -0.2) is 4.39 Å². The first-order valence-electron chi connectivity index (χ1n) is 7.89. The summed E-state index contributed by atoms with van der Waals surface area (Å²) in [5.74, 6) is 2.08. The summed E-state index contributed by atoms with van der Waals surface area (Å²) in [6, 6.07) is 8.14. The van der Waals surface area contributed by atoms with Crippen molar-refractivity contribution in [3.05, 3.63) is 47.3 Å². The van der Waals surface area contributed by atoms with Gasteiger partial charge in [-0.2, -0.15) is 0 Å². The second-order valence-corrected chi connectivity index (χ2v) is 5.52. The third kappa shape index (κ3) is 4.33. The Morgan fingerprint density at radius 3 is 2.00 bits per heavy atom. The minimum atomic E-state index is -0.294. The Morgan fingerprint density at radius 2 is 1.48 bits per heavy atom. The van der Waals surface area contributed by atoms with Gasteiger partial charge in [0, 0.05) is 18.2 Å². The fourth-order valence-corrected chi connectivity index (χ4v) is 2.66. The molecule has 0 aliphatic rings. The molecule has 0 radical (unpaired) electrons. The summed E-state index contributed by atoms with van der Waals surface area (Å²) < 4.78 is 34.9. The predicted octanol–water partition coefficient (Wildman–Crippen LogP) is 3.71. The highest BCUT2D eigenvalue weighted by Gasteiger charge is 2.15. The Balaban J connectivity index is 2.19. The first-order chi connectivity index (χ1) is 12.0. The van der Waals surface area contributed by atoms with Gasteiger partial charge < -0.3 is 24.3 Å². The van der Waals surface area contributed by atoms with Crippen LogP contribution in [0.3, 0.4) is 0 Å². The number of hydrogen-bond acceptors (Lipinski definition) is 5. The van der Waals surface area contributed by atoms with Gasteiger partial charge in [-0.05, 0) is 42.8 Å². The van der Waals surface area contributed by atoms with Crippen LogP contribution in [0.15, 0.2) is 30.3 Å². The molecule has 0 spiro atoms. The standard InChI is InChI=1S/C19H24FNO4/c1-12(15-10-14(20)6-7-16(15)22-2)21-11-13-8-17(23-3)19(25-5)18(9-13)24-4/h6-10,12,21H,11H2,1-5H3/t12-/m0/s1. The molecule has 136 valence electrons. The molecule has 0 aliphatic heterocycles. The number of nitrogens with one attached hydrogen (secondary N) is 1. The van der Waals surface area contributed by atoms with Gasteiger partial charge in [-0.1, -0.05) is 0 Å². The average Bonchev–Trinajstić information content (AvgIpc) is 2.64. The van der Waals surface area contributed by atoms with Crippen molar-refractivity contribution < 1.29 is 23.3 Å². The van der Waals surface area contributed by atoms with Crippen LogP contribution < -0.4 is 24.3 Å². The molecule has 0 bridgehead atoms. The van der Waals surface area contributed by atoms with E-state index in [1.54, 1.807) is 34.5 Å². The van der Waals surface area contributed by atoms with Crippen molar-refractivity contribution >= 4 is 0 Å². The van der Waals surface area contributed by atoms with E-state index in [9.17, 15) is 4.39 Å². The lowest BCUT2D eigenvalue weighted by Gasteiger charge is -2.19.